The van der Waals surface area contributed by atoms with Crippen LogP contribution in [0, 0.1) is 0 Å². The number of hydrogen-bond donors (Lipinski definition) is 1. The summed E-state index contributed by atoms with van der Waals surface area (Å²) >= 11 is 0. The lowest BCUT2D eigenvalue weighted by Crippen LogP contribution is -2.19. The van der Waals surface area contributed by atoms with Crippen molar-refractivity contribution < 1.29 is 28.9 Å². The molecule has 176 valence electrons. The summed E-state index contributed by atoms with van der Waals surface area (Å²) in [6, 6.07) is 33.8. The summed E-state index contributed by atoms with van der Waals surface area (Å²) in [7, 11) is 0. The first-order valence-corrected chi connectivity index (χ1v) is 11.1. The number of ether oxygens (including phenoxy) is 3. The van der Waals surface area contributed by atoms with Crippen LogP contribution in [0.25, 0.3) is 0 Å². The van der Waals surface area contributed by atoms with E-state index in [1.54, 1.807) is 0 Å². The summed E-state index contributed by atoms with van der Waals surface area (Å²) in [6.07, 6.45) is -3.03. The molecule has 0 bridgehead atoms. The van der Waals surface area contributed by atoms with E-state index in [0.29, 0.717) is 5.56 Å². The van der Waals surface area contributed by atoms with E-state index in [1.807, 2.05) is 91.0 Å². The van der Waals surface area contributed by atoms with Crippen LogP contribution in [0.3, 0.4) is 0 Å². The predicted octanol–water partition coefficient (Wildman–Crippen LogP) is 5.77. The minimum atomic E-state index is -1.51. The van der Waals surface area contributed by atoms with Crippen LogP contribution in [0.1, 0.15) is 34.5 Å². The summed E-state index contributed by atoms with van der Waals surface area (Å²) in [5.41, 5.74) is 2.72. The number of rotatable bonds is 8. The van der Waals surface area contributed by atoms with Gasteiger partial charge in [0.1, 0.15) is 12.4 Å². The van der Waals surface area contributed by atoms with Gasteiger partial charge in [-0.3, -0.25) is 0 Å². The van der Waals surface area contributed by atoms with E-state index in [4.69, 9.17) is 14.2 Å². The maximum Gasteiger partial charge on any atom is 0.514 e. The van der Waals surface area contributed by atoms with Crippen molar-refractivity contribution in [2.24, 2.45) is 0 Å². The Morgan fingerprint density at radius 1 is 0.657 bits per heavy atom. The molecule has 4 aromatic carbocycles. The van der Waals surface area contributed by atoms with Gasteiger partial charge in [0, 0.05) is 0 Å². The molecule has 0 saturated heterocycles. The summed E-state index contributed by atoms with van der Waals surface area (Å²) < 4.78 is 16.0. The second kappa shape index (κ2) is 11.6. The first-order chi connectivity index (χ1) is 17.1. The van der Waals surface area contributed by atoms with Crippen LogP contribution in [-0.4, -0.2) is 17.2 Å². The van der Waals surface area contributed by atoms with Crippen molar-refractivity contribution in [3.8, 4) is 5.75 Å². The van der Waals surface area contributed by atoms with E-state index in [-0.39, 0.29) is 12.4 Å². The van der Waals surface area contributed by atoms with E-state index < -0.39 is 24.3 Å². The fourth-order valence-corrected chi connectivity index (χ4v) is 3.46. The highest BCUT2D eigenvalue weighted by atomic mass is 16.7. The first kappa shape index (κ1) is 23.7. The molecule has 0 aliphatic heterocycles. The van der Waals surface area contributed by atoms with Gasteiger partial charge in [0.15, 0.2) is 12.2 Å². The summed E-state index contributed by atoms with van der Waals surface area (Å²) in [5, 5.41) is 10.6. The molecule has 0 amide bonds. The van der Waals surface area contributed by atoms with Crippen molar-refractivity contribution in [2.75, 3.05) is 0 Å². The number of benzene rings is 4. The molecule has 0 saturated carbocycles. The third kappa shape index (κ3) is 6.56. The molecule has 6 nitrogen and oxygen atoms in total. The second-order valence-corrected chi connectivity index (χ2v) is 7.74. The van der Waals surface area contributed by atoms with Gasteiger partial charge in [-0.05, 0) is 34.4 Å². The van der Waals surface area contributed by atoms with Crippen LogP contribution in [0.2, 0.25) is 0 Å². The molecule has 0 aliphatic rings. The Balaban J connectivity index is 1.38. The monoisotopic (exact) mass is 468 g/mol. The van der Waals surface area contributed by atoms with E-state index in [9.17, 15) is 14.7 Å². The van der Waals surface area contributed by atoms with E-state index >= 15 is 0 Å². The van der Waals surface area contributed by atoms with Crippen molar-refractivity contribution in [1.82, 2.24) is 0 Å². The number of esters is 1. The van der Waals surface area contributed by atoms with Gasteiger partial charge >= 0.3 is 12.1 Å². The van der Waals surface area contributed by atoms with Crippen LogP contribution >= 0.6 is 0 Å². The largest absolute Gasteiger partial charge is 0.514 e. The Hall–Kier alpha value is -4.42. The molecular formula is C29H24O6. The van der Waals surface area contributed by atoms with Crippen LogP contribution in [0.5, 0.6) is 5.75 Å². The molecule has 0 radical (unpaired) electrons. The van der Waals surface area contributed by atoms with E-state index in [2.05, 4.69) is 0 Å². The molecule has 0 aliphatic carbocycles. The average molecular weight is 469 g/mol. The lowest BCUT2D eigenvalue weighted by atomic mass is 10.0. The van der Waals surface area contributed by atoms with Crippen LogP contribution in [-0.2, 0) is 20.9 Å². The maximum absolute atomic E-state index is 12.8. The Labute approximate surface area is 203 Å². The molecule has 1 atom stereocenters. The smallest absolute Gasteiger partial charge is 0.450 e. The van der Waals surface area contributed by atoms with Gasteiger partial charge in [0.2, 0.25) is 0 Å². The van der Waals surface area contributed by atoms with Gasteiger partial charge in [0.05, 0.1) is 0 Å². The van der Waals surface area contributed by atoms with Crippen LogP contribution < -0.4 is 4.74 Å². The molecule has 0 spiro atoms. The zero-order valence-electron chi connectivity index (χ0n) is 18.8. The van der Waals surface area contributed by atoms with Gasteiger partial charge < -0.3 is 19.3 Å². The highest BCUT2D eigenvalue weighted by Crippen LogP contribution is 2.28. The lowest BCUT2D eigenvalue weighted by Gasteiger charge is -2.21. The maximum atomic E-state index is 12.8. The number of carbonyl (C=O) groups is 2. The van der Waals surface area contributed by atoms with Crippen LogP contribution in [0.4, 0.5) is 4.79 Å². The van der Waals surface area contributed by atoms with E-state index in [0.717, 1.165) is 16.7 Å². The molecule has 0 fully saturated rings. The van der Waals surface area contributed by atoms with Crippen molar-refractivity contribution in [3.63, 3.8) is 0 Å². The lowest BCUT2D eigenvalue weighted by molar-refractivity contribution is -0.158. The van der Waals surface area contributed by atoms with E-state index in [1.165, 1.54) is 24.3 Å². The molecular weight excluding hydrogens is 444 g/mol. The van der Waals surface area contributed by atoms with Gasteiger partial charge in [-0.25, -0.2) is 9.59 Å². The van der Waals surface area contributed by atoms with Gasteiger partial charge in [-0.15, -0.1) is 0 Å². The summed E-state index contributed by atoms with van der Waals surface area (Å²) in [5.74, 6) is -0.572. The first-order valence-electron chi connectivity index (χ1n) is 11.1. The Morgan fingerprint density at radius 2 is 1.17 bits per heavy atom. The SMILES string of the molecule is O=C(OCc1ccccc1)Oc1ccc([C@@H](O)C(=O)OC(c2ccccc2)c2ccccc2)cc1. The second-order valence-electron chi connectivity index (χ2n) is 7.74. The fraction of sp³-hybridized carbons (Fsp3) is 0.103. The molecule has 0 heterocycles. The Morgan fingerprint density at radius 3 is 1.71 bits per heavy atom. The molecule has 1 N–H and O–H groups in total. The highest BCUT2D eigenvalue weighted by Gasteiger charge is 2.25. The quantitative estimate of drug-likeness (QED) is 0.261. The molecule has 4 rings (SSSR count). The number of aliphatic hydroxyl groups excluding tert-OH is 1. The normalized spacial score (nSPS) is 11.5. The van der Waals surface area contributed by atoms with Crippen LogP contribution in [0.15, 0.2) is 115 Å². The van der Waals surface area contributed by atoms with Crippen molar-refractivity contribution in [3.05, 3.63) is 138 Å². The molecule has 6 heteroatoms. The molecule has 35 heavy (non-hydrogen) atoms. The highest BCUT2D eigenvalue weighted by molar-refractivity contribution is 5.77. The average Bonchev–Trinajstić information content (AvgIpc) is 2.92. The third-order valence-corrected chi connectivity index (χ3v) is 5.26. The summed E-state index contributed by atoms with van der Waals surface area (Å²) in [6.45, 7) is 0.0896. The van der Waals surface area contributed by atoms with Crippen molar-refractivity contribution >= 4 is 12.1 Å². The standard InChI is InChI=1S/C29H24O6/c30-26(28(31)35-27(23-12-6-2-7-13-23)24-14-8-3-9-15-24)22-16-18-25(19-17-22)34-29(32)33-20-21-10-4-1-5-11-21/h1-19,26-27,30H,20H2/t26-/m1/s1. The minimum Gasteiger partial charge on any atom is -0.450 e. The summed E-state index contributed by atoms with van der Waals surface area (Å²) in [4.78, 5) is 24.7. The zero-order chi connectivity index (χ0) is 24.5. The Kier molecular flexibility index (Phi) is 7.88. The topological polar surface area (TPSA) is 82.1 Å². The number of hydrogen-bond acceptors (Lipinski definition) is 6. The molecule has 4 aromatic rings. The fourth-order valence-electron chi connectivity index (χ4n) is 3.46. The van der Waals surface area contributed by atoms with Crippen molar-refractivity contribution in [1.29, 1.82) is 0 Å². The predicted molar refractivity (Wildman–Crippen MR) is 129 cm³/mol. The number of aliphatic hydroxyl groups is 1. The third-order valence-electron chi connectivity index (χ3n) is 5.26. The number of carbonyl (C=O) groups excluding carboxylic acids is 2. The minimum absolute atomic E-state index is 0.0896. The Bertz CT molecular complexity index is 1190. The van der Waals surface area contributed by atoms with Crippen molar-refractivity contribution in [2.45, 2.75) is 18.8 Å². The van der Waals surface area contributed by atoms with Gasteiger partial charge in [-0.1, -0.05) is 103 Å². The molecule has 0 aromatic heterocycles. The molecule has 0 unspecified atom stereocenters. The van der Waals surface area contributed by atoms with Gasteiger partial charge in [0.25, 0.3) is 0 Å². The van der Waals surface area contributed by atoms with Gasteiger partial charge in [-0.2, -0.15) is 0 Å². The zero-order valence-corrected chi connectivity index (χ0v) is 18.8.